The Kier molecular flexibility index (Phi) is 5.20. The molecule has 6 heteroatoms. The van der Waals surface area contributed by atoms with E-state index in [4.69, 9.17) is 4.74 Å². The molecule has 3 nitrogen and oxygen atoms in total. The molecule has 0 radical (unpaired) electrons. The first kappa shape index (κ1) is 15.3. The van der Waals surface area contributed by atoms with Gasteiger partial charge in [-0.1, -0.05) is 13.8 Å². The largest absolute Gasteiger partial charge is 0.573 e. The molecule has 0 spiro atoms. The number of carbonyl (C=O) groups is 1. The Labute approximate surface area is 109 Å². The lowest BCUT2D eigenvalue weighted by Crippen LogP contribution is -2.18. The third kappa shape index (κ3) is 5.63. The zero-order chi connectivity index (χ0) is 14.5. The molecule has 1 atom stereocenters. The number of ether oxygens (including phenoxy) is 2. The Hall–Kier alpha value is -1.72. The lowest BCUT2D eigenvalue weighted by Gasteiger charge is -2.11. The molecule has 0 aliphatic heterocycles. The van der Waals surface area contributed by atoms with Gasteiger partial charge in [0, 0.05) is 5.92 Å². The van der Waals surface area contributed by atoms with Gasteiger partial charge < -0.3 is 9.47 Å². The smallest absolute Gasteiger partial charge is 0.486 e. The predicted molar refractivity (Wildman–Crippen MR) is 63.1 cm³/mol. The number of carbonyl (C=O) groups excluding carboxylic acids is 1. The van der Waals surface area contributed by atoms with Crippen LogP contribution >= 0.6 is 0 Å². The van der Waals surface area contributed by atoms with Crippen molar-refractivity contribution < 1.29 is 27.4 Å². The van der Waals surface area contributed by atoms with Crippen LogP contribution in [-0.2, 0) is 4.79 Å². The van der Waals surface area contributed by atoms with Crippen LogP contribution in [0.4, 0.5) is 13.2 Å². The second-order valence-corrected chi connectivity index (χ2v) is 4.08. The third-order valence-electron chi connectivity index (χ3n) is 2.60. The third-order valence-corrected chi connectivity index (χ3v) is 2.60. The molecule has 0 aromatic heterocycles. The van der Waals surface area contributed by atoms with Crippen LogP contribution in [0.1, 0.15) is 20.3 Å². The van der Waals surface area contributed by atoms with Gasteiger partial charge in [-0.25, -0.2) is 0 Å². The second-order valence-electron chi connectivity index (χ2n) is 4.08. The molecule has 0 saturated carbocycles. The molecule has 1 aromatic carbocycles. The number of benzene rings is 1. The number of alkyl halides is 3. The van der Waals surface area contributed by atoms with Crippen LogP contribution < -0.4 is 9.47 Å². The molecule has 0 bridgehead atoms. The summed E-state index contributed by atoms with van der Waals surface area (Å²) >= 11 is 0. The molecule has 0 saturated heterocycles. The Bertz CT molecular complexity index is 412. The van der Waals surface area contributed by atoms with Gasteiger partial charge in [-0.15, -0.1) is 13.2 Å². The van der Waals surface area contributed by atoms with Gasteiger partial charge in [0.15, 0.2) is 5.78 Å². The molecule has 1 aromatic rings. The Morgan fingerprint density at radius 3 is 2.21 bits per heavy atom. The van der Waals surface area contributed by atoms with E-state index in [2.05, 4.69) is 4.74 Å². The van der Waals surface area contributed by atoms with Crippen molar-refractivity contribution in [2.45, 2.75) is 26.6 Å². The SMILES string of the molecule is CCC(C)C(=O)COc1ccc(OC(F)(F)F)cc1. The van der Waals surface area contributed by atoms with Gasteiger partial charge in [0.05, 0.1) is 0 Å². The molecular weight excluding hydrogens is 261 g/mol. The van der Waals surface area contributed by atoms with Crippen molar-refractivity contribution in [1.82, 2.24) is 0 Å². The van der Waals surface area contributed by atoms with Crippen molar-refractivity contribution >= 4 is 5.78 Å². The second kappa shape index (κ2) is 6.45. The number of hydrogen-bond acceptors (Lipinski definition) is 3. The minimum absolute atomic E-state index is 0.0434. The first-order valence-electron chi connectivity index (χ1n) is 5.83. The van der Waals surface area contributed by atoms with Crippen molar-refractivity contribution in [3.8, 4) is 11.5 Å². The van der Waals surface area contributed by atoms with Gasteiger partial charge in [-0.2, -0.15) is 0 Å². The van der Waals surface area contributed by atoms with Crippen molar-refractivity contribution in [2.75, 3.05) is 6.61 Å². The van der Waals surface area contributed by atoms with E-state index in [1.165, 1.54) is 12.1 Å². The molecule has 0 fully saturated rings. The van der Waals surface area contributed by atoms with Crippen molar-refractivity contribution in [2.24, 2.45) is 5.92 Å². The van der Waals surface area contributed by atoms with Crippen LogP contribution in [0.25, 0.3) is 0 Å². The van der Waals surface area contributed by atoms with Crippen LogP contribution in [0.2, 0.25) is 0 Å². The van der Waals surface area contributed by atoms with E-state index in [0.29, 0.717) is 5.75 Å². The number of halogens is 3. The monoisotopic (exact) mass is 276 g/mol. The molecule has 1 unspecified atom stereocenters. The molecule has 0 aliphatic rings. The quantitative estimate of drug-likeness (QED) is 0.796. The lowest BCUT2D eigenvalue weighted by molar-refractivity contribution is -0.274. The molecule has 1 rings (SSSR count). The standard InChI is InChI=1S/C13H15F3O3/c1-3-9(2)12(17)8-18-10-4-6-11(7-5-10)19-13(14,15)16/h4-7,9H,3,8H2,1-2H3. The highest BCUT2D eigenvalue weighted by atomic mass is 19.4. The first-order chi connectivity index (χ1) is 8.81. The van der Waals surface area contributed by atoms with Gasteiger partial charge in [0.2, 0.25) is 0 Å². The highest BCUT2D eigenvalue weighted by molar-refractivity contribution is 5.82. The van der Waals surface area contributed by atoms with Crippen LogP contribution in [0.5, 0.6) is 11.5 Å². The van der Waals surface area contributed by atoms with Gasteiger partial charge in [0.25, 0.3) is 0 Å². The van der Waals surface area contributed by atoms with Crippen LogP contribution in [0.15, 0.2) is 24.3 Å². The number of hydrogen-bond donors (Lipinski definition) is 0. The molecule has 19 heavy (non-hydrogen) atoms. The summed E-state index contributed by atoms with van der Waals surface area (Å²) in [6.07, 6.45) is -3.99. The summed E-state index contributed by atoms with van der Waals surface area (Å²) in [5, 5.41) is 0. The Morgan fingerprint density at radius 2 is 1.74 bits per heavy atom. The van der Waals surface area contributed by atoms with Crippen LogP contribution in [0, 0.1) is 5.92 Å². The number of Topliss-reactive ketones (excluding diaryl/α,β-unsaturated/α-hetero) is 1. The zero-order valence-corrected chi connectivity index (χ0v) is 10.7. The van der Waals surface area contributed by atoms with Crippen LogP contribution in [0.3, 0.4) is 0 Å². The summed E-state index contributed by atoms with van der Waals surface area (Å²) in [5.41, 5.74) is 0. The van der Waals surface area contributed by atoms with Crippen molar-refractivity contribution in [1.29, 1.82) is 0 Å². The fraction of sp³-hybridized carbons (Fsp3) is 0.462. The normalized spacial score (nSPS) is 12.9. The maximum absolute atomic E-state index is 11.9. The molecular formula is C13H15F3O3. The predicted octanol–water partition coefficient (Wildman–Crippen LogP) is 3.58. The summed E-state index contributed by atoms with van der Waals surface area (Å²) < 4.78 is 44.7. The maximum Gasteiger partial charge on any atom is 0.573 e. The Balaban J connectivity index is 2.51. The topological polar surface area (TPSA) is 35.5 Å². The van der Waals surface area contributed by atoms with E-state index in [-0.39, 0.29) is 24.1 Å². The van der Waals surface area contributed by atoms with Crippen LogP contribution in [-0.4, -0.2) is 18.8 Å². The average molecular weight is 276 g/mol. The summed E-state index contributed by atoms with van der Waals surface area (Å²) in [6.45, 7) is 3.60. The Morgan fingerprint density at radius 1 is 1.21 bits per heavy atom. The van der Waals surface area contributed by atoms with E-state index in [1.807, 2.05) is 6.92 Å². The summed E-state index contributed by atoms with van der Waals surface area (Å²) in [5.74, 6) is -0.134. The molecule has 0 heterocycles. The van der Waals surface area contributed by atoms with Gasteiger partial charge in [-0.3, -0.25) is 4.79 Å². The molecule has 0 amide bonds. The van der Waals surface area contributed by atoms with Gasteiger partial charge in [-0.05, 0) is 30.7 Å². The van der Waals surface area contributed by atoms with E-state index >= 15 is 0 Å². The molecule has 0 aliphatic carbocycles. The fourth-order valence-corrected chi connectivity index (χ4v) is 1.26. The van der Waals surface area contributed by atoms with Crippen molar-refractivity contribution in [3.05, 3.63) is 24.3 Å². The maximum atomic E-state index is 11.9. The van der Waals surface area contributed by atoms with E-state index in [1.54, 1.807) is 6.92 Å². The van der Waals surface area contributed by atoms with Crippen molar-refractivity contribution in [3.63, 3.8) is 0 Å². The van der Waals surface area contributed by atoms with E-state index in [0.717, 1.165) is 18.6 Å². The molecule has 106 valence electrons. The number of ketones is 1. The number of rotatable bonds is 6. The minimum atomic E-state index is -4.71. The summed E-state index contributed by atoms with van der Waals surface area (Å²) in [4.78, 5) is 11.5. The highest BCUT2D eigenvalue weighted by Crippen LogP contribution is 2.24. The minimum Gasteiger partial charge on any atom is -0.486 e. The first-order valence-corrected chi connectivity index (χ1v) is 5.83. The molecule has 0 N–H and O–H groups in total. The summed E-state index contributed by atoms with van der Waals surface area (Å²) in [7, 11) is 0. The summed E-state index contributed by atoms with van der Waals surface area (Å²) in [6, 6.07) is 4.92. The fourth-order valence-electron chi connectivity index (χ4n) is 1.26. The zero-order valence-electron chi connectivity index (χ0n) is 10.7. The van der Waals surface area contributed by atoms with E-state index < -0.39 is 6.36 Å². The lowest BCUT2D eigenvalue weighted by atomic mass is 10.1. The van der Waals surface area contributed by atoms with Gasteiger partial charge >= 0.3 is 6.36 Å². The average Bonchev–Trinajstić information content (AvgIpc) is 2.34. The highest BCUT2D eigenvalue weighted by Gasteiger charge is 2.30. The van der Waals surface area contributed by atoms with E-state index in [9.17, 15) is 18.0 Å². The van der Waals surface area contributed by atoms with Gasteiger partial charge in [0.1, 0.15) is 18.1 Å².